The molecule has 2 aliphatic rings. The zero-order valence-corrected chi connectivity index (χ0v) is 20.4. The number of halogens is 1. The van der Waals surface area contributed by atoms with Gasteiger partial charge in [-0.15, -0.1) is 0 Å². The summed E-state index contributed by atoms with van der Waals surface area (Å²) in [5.41, 5.74) is 3.29. The predicted molar refractivity (Wildman–Crippen MR) is 140 cm³/mol. The Kier molecular flexibility index (Phi) is 6.87. The van der Waals surface area contributed by atoms with Gasteiger partial charge < -0.3 is 10.2 Å². The van der Waals surface area contributed by atoms with Gasteiger partial charge in [0.05, 0.1) is 5.56 Å². The second kappa shape index (κ2) is 10.2. The highest BCUT2D eigenvalue weighted by Gasteiger charge is 2.42. The molecule has 1 amide bonds. The van der Waals surface area contributed by atoms with Crippen LogP contribution >= 0.6 is 0 Å². The van der Waals surface area contributed by atoms with Crippen LogP contribution in [0, 0.1) is 11.7 Å². The van der Waals surface area contributed by atoms with Gasteiger partial charge in [-0.05, 0) is 73.6 Å². The number of carbonyl (C=O) groups excluding carboxylic acids is 1. The lowest BCUT2D eigenvalue weighted by Crippen LogP contribution is -2.56. The molecule has 5 rings (SSSR count). The van der Waals surface area contributed by atoms with Gasteiger partial charge in [0, 0.05) is 43.1 Å². The summed E-state index contributed by atoms with van der Waals surface area (Å²) in [4.78, 5) is 17.9. The molecule has 0 atom stereocenters. The minimum absolute atomic E-state index is 0.0337. The van der Waals surface area contributed by atoms with E-state index in [0.717, 1.165) is 50.6 Å². The fourth-order valence-electron chi connectivity index (χ4n) is 5.79. The van der Waals surface area contributed by atoms with Gasteiger partial charge in [-0.2, -0.15) is 0 Å². The van der Waals surface area contributed by atoms with Gasteiger partial charge >= 0.3 is 0 Å². The van der Waals surface area contributed by atoms with Crippen LogP contribution in [0.25, 0.3) is 0 Å². The van der Waals surface area contributed by atoms with Gasteiger partial charge in [0.1, 0.15) is 5.82 Å². The third-order valence-corrected chi connectivity index (χ3v) is 7.88. The Balaban J connectivity index is 1.38. The zero-order chi connectivity index (χ0) is 24.3. The van der Waals surface area contributed by atoms with Gasteiger partial charge in [-0.25, -0.2) is 4.39 Å². The first kappa shape index (κ1) is 23.6. The minimum atomic E-state index is -0.504. The average Bonchev–Trinajstić information content (AvgIpc) is 2.90. The lowest BCUT2D eigenvalue weighted by molar-refractivity contribution is 0.0299. The SMILES string of the molecule is CC1CCC(c2cccc(NC(=O)c3ccccc3F)c2)(N2CCN(c3ccccc3)CC2)CC1. The Hall–Kier alpha value is -3.18. The summed E-state index contributed by atoms with van der Waals surface area (Å²) >= 11 is 0. The smallest absolute Gasteiger partial charge is 0.258 e. The van der Waals surface area contributed by atoms with Crippen LogP contribution in [0.15, 0.2) is 78.9 Å². The van der Waals surface area contributed by atoms with Crippen LogP contribution in [0.3, 0.4) is 0 Å². The van der Waals surface area contributed by atoms with Crippen molar-refractivity contribution in [3.8, 4) is 0 Å². The Labute approximate surface area is 207 Å². The van der Waals surface area contributed by atoms with Crippen LogP contribution in [-0.2, 0) is 5.54 Å². The molecule has 1 heterocycles. The number of carbonyl (C=O) groups is 1. The topological polar surface area (TPSA) is 35.6 Å². The number of nitrogens with zero attached hydrogens (tertiary/aromatic N) is 2. The maximum Gasteiger partial charge on any atom is 0.258 e. The van der Waals surface area contributed by atoms with E-state index in [4.69, 9.17) is 0 Å². The Bertz CT molecular complexity index is 1150. The number of anilines is 2. The van der Waals surface area contributed by atoms with Gasteiger partial charge in [0.25, 0.3) is 5.91 Å². The third-order valence-electron chi connectivity index (χ3n) is 7.88. The van der Waals surface area contributed by atoms with Gasteiger partial charge in [0.15, 0.2) is 0 Å². The summed E-state index contributed by atoms with van der Waals surface area (Å²) in [7, 11) is 0. The van der Waals surface area contributed by atoms with Crippen molar-refractivity contribution in [2.75, 3.05) is 36.4 Å². The van der Waals surface area contributed by atoms with Crippen molar-refractivity contribution in [3.05, 3.63) is 95.8 Å². The monoisotopic (exact) mass is 471 g/mol. The van der Waals surface area contributed by atoms with Gasteiger partial charge in [-0.1, -0.05) is 49.4 Å². The van der Waals surface area contributed by atoms with Gasteiger partial charge in [-0.3, -0.25) is 9.69 Å². The average molecular weight is 472 g/mol. The van der Waals surface area contributed by atoms with Crippen LogP contribution in [0.4, 0.5) is 15.8 Å². The largest absolute Gasteiger partial charge is 0.369 e. The van der Waals surface area contributed by atoms with E-state index < -0.39 is 11.7 Å². The molecule has 182 valence electrons. The number of nitrogens with one attached hydrogen (secondary N) is 1. The molecular formula is C30H34FN3O. The molecule has 0 bridgehead atoms. The molecule has 0 radical (unpaired) electrons. The van der Waals surface area contributed by atoms with Crippen molar-refractivity contribution in [3.63, 3.8) is 0 Å². The summed E-state index contributed by atoms with van der Waals surface area (Å²) in [6, 6.07) is 25.0. The van der Waals surface area contributed by atoms with E-state index in [0.29, 0.717) is 0 Å². The number of hydrogen-bond donors (Lipinski definition) is 1. The highest BCUT2D eigenvalue weighted by Crippen LogP contribution is 2.45. The van der Waals surface area contributed by atoms with Crippen LogP contribution in [0.5, 0.6) is 0 Å². The van der Waals surface area contributed by atoms with Crippen LogP contribution in [0.2, 0.25) is 0 Å². The second-order valence-corrected chi connectivity index (χ2v) is 10.0. The van der Waals surface area contributed by atoms with E-state index in [1.807, 2.05) is 12.1 Å². The Morgan fingerprint density at radius 3 is 2.29 bits per heavy atom. The number of rotatable bonds is 5. The summed E-state index contributed by atoms with van der Waals surface area (Å²) in [6.45, 7) is 6.38. The van der Waals surface area contributed by atoms with Crippen LogP contribution in [-0.4, -0.2) is 37.0 Å². The predicted octanol–water partition coefficient (Wildman–Crippen LogP) is 6.31. The Morgan fingerprint density at radius 2 is 1.57 bits per heavy atom. The molecule has 1 aliphatic heterocycles. The first-order valence-corrected chi connectivity index (χ1v) is 12.8. The summed E-state index contributed by atoms with van der Waals surface area (Å²) < 4.78 is 14.1. The molecule has 1 saturated heterocycles. The molecule has 1 saturated carbocycles. The van der Waals surface area contributed by atoms with Gasteiger partial charge in [0.2, 0.25) is 0 Å². The maximum absolute atomic E-state index is 14.1. The highest BCUT2D eigenvalue weighted by molar-refractivity contribution is 6.04. The molecule has 0 aromatic heterocycles. The van der Waals surface area contributed by atoms with Crippen LogP contribution < -0.4 is 10.2 Å². The van der Waals surface area contributed by atoms with E-state index in [-0.39, 0.29) is 11.1 Å². The molecule has 2 fully saturated rings. The summed E-state index contributed by atoms with van der Waals surface area (Å²) in [5.74, 6) is -0.184. The molecule has 1 N–H and O–H groups in total. The highest BCUT2D eigenvalue weighted by atomic mass is 19.1. The summed E-state index contributed by atoms with van der Waals surface area (Å²) in [6.07, 6.45) is 4.63. The zero-order valence-electron chi connectivity index (χ0n) is 20.4. The van der Waals surface area contributed by atoms with Crippen molar-refractivity contribution < 1.29 is 9.18 Å². The number of piperazine rings is 1. The Morgan fingerprint density at radius 1 is 0.886 bits per heavy atom. The lowest BCUT2D eigenvalue weighted by atomic mass is 9.71. The first-order valence-electron chi connectivity index (χ1n) is 12.8. The van der Waals surface area contributed by atoms with Crippen molar-refractivity contribution >= 4 is 17.3 Å². The number of amides is 1. The van der Waals surface area contributed by atoms with Crippen LogP contribution in [0.1, 0.15) is 48.5 Å². The normalized spacial score (nSPS) is 23.1. The molecule has 35 heavy (non-hydrogen) atoms. The molecule has 3 aromatic rings. The van der Waals surface area contributed by atoms with Crippen molar-refractivity contribution in [1.82, 2.24) is 4.90 Å². The van der Waals surface area contributed by atoms with E-state index >= 15 is 0 Å². The van der Waals surface area contributed by atoms with E-state index in [9.17, 15) is 9.18 Å². The molecule has 0 spiro atoms. The third kappa shape index (κ3) is 4.96. The fraction of sp³-hybridized carbons (Fsp3) is 0.367. The molecule has 3 aromatic carbocycles. The molecule has 0 unspecified atom stereocenters. The summed E-state index contributed by atoms with van der Waals surface area (Å²) in [5, 5.41) is 2.93. The second-order valence-electron chi connectivity index (χ2n) is 10.0. The number of para-hydroxylation sites is 1. The number of benzene rings is 3. The minimum Gasteiger partial charge on any atom is -0.369 e. The first-order chi connectivity index (χ1) is 17.0. The van der Waals surface area contributed by atoms with Crippen molar-refractivity contribution in [1.29, 1.82) is 0 Å². The fourth-order valence-corrected chi connectivity index (χ4v) is 5.79. The standard InChI is InChI=1S/C30H34FN3O/c1-23-14-16-30(17-15-23,34-20-18-33(19-21-34)26-10-3-2-4-11-26)24-8-7-9-25(22-24)32-29(35)27-12-5-6-13-28(27)31/h2-13,22-23H,14-21H2,1H3,(H,32,35). The van der Waals surface area contributed by atoms with Crippen molar-refractivity contribution in [2.45, 2.75) is 38.1 Å². The van der Waals surface area contributed by atoms with Crippen molar-refractivity contribution in [2.24, 2.45) is 5.92 Å². The molecule has 5 heteroatoms. The quantitative estimate of drug-likeness (QED) is 0.474. The lowest BCUT2D eigenvalue weighted by Gasteiger charge is -2.51. The number of hydrogen-bond acceptors (Lipinski definition) is 3. The molecule has 4 nitrogen and oxygen atoms in total. The maximum atomic E-state index is 14.1. The molecular weight excluding hydrogens is 437 g/mol. The molecule has 1 aliphatic carbocycles. The van der Waals surface area contributed by atoms with E-state index in [1.165, 1.54) is 36.2 Å². The van der Waals surface area contributed by atoms with E-state index in [2.05, 4.69) is 64.5 Å². The van der Waals surface area contributed by atoms with E-state index in [1.54, 1.807) is 12.1 Å².